The second-order valence-corrected chi connectivity index (χ2v) is 7.99. The quantitative estimate of drug-likeness (QED) is 0.276. The maximum absolute atomic E-state index is 12.4. The monoisotopic (exact) mass is 429 g/mol. The fraction of sp³-hybridized carbons (Fsp3) is 0.500. The molecule has 0 spiro atoms. The van der Waals surface area contributed by atoms with Gasteiger partial charge in [0.25, 0.3) is 5.91 Å². The summed E-state index contributed by atoms with van der Waals surface area (Å²) >= 11 is 2.98. The first-order valence-electron chi connectivity index (χ1n) is 8.67. The fourth-order valence-corrected chi connectivity index (χ4v) is 3.39. The molecular formula is C18H27N3O5S2. The average Bonchev–Trinajstić information content (AvgIpc) is 2.66. The number of thioether (sulfide) groups is 2. The molecule has 0 fully saturated rings. The molecule has 1 atom stereocenters. The normalized spacial score (nSPS) is 11.6. The highest BCUT2D eigenvalue weighted by molar-refractivity contribution is 7.99. The van der Waals surface area contributed by atoms with Crippen LogP contribution in [0.5, 0.6) is 0 Å². The van der Waals surface area contributed by atoms with Crippen LogP contribution in [0.3, 0.4) is 0 Å². The van der Waals surface area contributed by atoms with Crippen LogP contribution in [-0.2, 0) is 14.3 Å². The number of rotatable bonds is 13. The molecule has 0 saturated heterocycles. The molecule has 0 heterocycles. The van der Waals surface area contributed by atoms with Crippen LogP contribution in [0.15, 0.2) is 18.2 Å². The summed E-state index contributed by atoms with van der Waals surface area (Å²) < 4.78 is 4.95. The van der Waals surface area contributed by atoms with Crippen LogP contribution >= 0.6 is 23.5 Å². The molecule has 1 rings (SSSR count). The maximum atomic E-state index is 12.4. The van der Waals surface area contributed by atoms with Crippen molar-refractivity contribution in [2.45, 2.75) is 18.9 Å². The first kappa shape index (κ1) is 24.1. The second kappa shape index (κ2) is 13.3. The molecule has 0 radical (unpaired) electrons. The number of methoxy groups -OCH3 is 1. The van der Waals surface area contributed by atoms with E-state index in [9.17, 15) is 19.5 Å². The third-order valence-electron chi connectivity index (χ3n) is 3.67. The lowest BCUT2D eigenvalue weighted by Crippen LogP contribution is -2.41. The van der Waals surface area contributed by atoms with Gasteiger partial charge in [0.05, 0.1) is 17.1 Å². The van der Waals surface area contributed by atoms with Gasteiger partial charge in [-0.2, -0.15) is 23.5 Å². The molecule has 5 N–H and O–H groups in total. The Bertz CT molecular complexity index is 673. The van der Waals surface area contributed by atoms with Crippen molar-refractivity contribution in [3.05, 3.63) is 23.8 Å². The van der Waals surface area contributed by atoms with E-state index in [0.29, 0.717) is 30.2 Å². The second-order valence-electron chi connectivity index (χ2n) is 5.89. The molecule has 2 amide bonds. The molecule has 28 heavy (non-hydrogen) atoms. The zero-order valence-electron chi connectivity index (χ0n) is 16.0. The number of nitrogens with one attached hydrogen (secondary N) is 2. The highest BCUT2D eigenvalue weighted by Gasteiger charge is 2.20. The molecule has 1 aromatic rings. The van der Waals surface area contributed by atoms with Crippen LogP contribution in [0.4, 0.5) is 11.4 Å². The van der Waals surface area contributed by atoms with Crippen LogP contribution < -0.4 is 16.4 Å². The molecule has 10 heteroatoms. The summed E-state index contributed by atoms with van der Waals surface area (Å²) in [7, 11) is 1.63. The van der Waals surface area contributed by atoms with Crippen molar-refractivity contribution in [3.8, 4) is 0 Å². The predicted octanol–water partition coefficient (Wildman–Crippen LogP) is 1.91. The van der Waals surface area contributed by atoms with E-state index in [0.717, 1.165) is 12.2 Å². The van der Waals surface area contributed by atoms with Crippen molar-refractivity contribution in [1.29, 1.82) is 0 Å². The minimum Gasteiger partial charge on any atom is -0.480 e. The summed E-state index contributed by atoms with van der Waals surface area (Å²) in [5.41, 5.74) is 6.76. The number of carbonyl (C=O) groups excluding carboxylic acids is 2. The summed E-state index contributed by atoms with van der Waals surface area (Å²) in [6.45, 7) is 0.646. The minimum atomic E-state index is -1.09. The third kappa shape index (κ3) is 8.85. The average molecular weight is 430 g/mol. The summed E-state index contributed by atoms with van der Waals surface area (Å²) in [6, 6.07) is 3.48. The Morgan fingerprint density at radius 3 is 2.68 bits per heavy atom. The van der Waals surface area contributed by atoms with Gasteiger partial charge in [-0.15, -0.1) is 0 Å². The third-order valence-corrected chi connectivity index (χ3v) is 5.36. The molecule has 0 aliphatic carbocycles. The molecule has 156 valence electrons. The standard InChI is InChI=1S/C18H27N3O5S2/c1-26-7-3-8-28-11-16(22)20-15-10-12(4-5-13(15)19)17(23)21-14(18(24)25)6-9-27-2/h4-5,10,14H,3,6-9,11,19H2,1-2H3,(H,20,22)(H,21,23)(H,24,25). The van der Waals surface area contributed by atoms with E-state index in [1.807, 2.05) is 6.26 Å². The molecule has 1 aromatic carbocycles. The Balaban J connectivity index is 2.69. The zero-order chi connectivity index (χ0) is 20.9. The van der Waals surface area contributed by atoms with Crippen molar-refractivity contribution in [1.82, 2.24) is 5.32 Å². The number of ether oxygens (including phenoxy) is 1. The number of nitrogens with two attached hydrogens (primary N) is 1. The number of amides is 2. The van der Waals surface area contributed by atoms with Gasteiger partial charge in [0.1, 0.15) is 6.04 Å². The Morgan fingerprint density at radius 1 is 1.29 bits per heavy atom. The number of aliphatic carboxylic acids is 1. The fourth-order valence-electron chi connectivity index (χ4n) is 2.20. The highest BCUT2D eigenvalue weighted by Crippen LogP contribution is 2.21. The van der Waals surface area contributed by atoms with Crippen LogP contribution in [0.25, 0.3) is 0 Å². The summed E-state index contributed by atoms with van der Waals surface area (Å²) in [5, 5.41) is 14.4. The lowest BCUT2D eigenvalue weighted by molar-refractivity contribution is -0.139. The van der Waals surface area contributed by atoms with Gasteiger partial charge in [-0.3, -0.25) is 9.59 Å². The topological polar surface area (TPSA) is 131 Å². The van der Waals surface area contributed by atoms with Gasteiger partial charge in [0, 0.05) is 19.3 Å². The molecule has 1 unspecified atom stereocenters. The van der Waals surface area contributed by atoms with E-state index in [4.69, 9.17) is 10.5 Å². The Kier molecular flexibility index (Phi) is 11.5. The first-order valence-corrected chi connectivity index (χ1v) is 11.2. The molecule has 8 nitrogen and oxygen atoms in total. The van der Waals surface area contributed by atoms with Gasteiger partial charge in [-0.05, 0) is 48.8 Å². The lowest BCUT2D eigenvalue weighted by Gasteiger charge is -2.15. The number of hydrogen-bond acceptors (Lipinski definition) is 7. The smallest absolute Gasteiger partial charge is 0.326 e. The maximum Gasteiger partial charge on any atom is 0.326 e. The predicted molar refractivity (Wildman–Crippen MR) is 115 cm³/mol. The minimum absolute atomic E-state index is 0.227. The number of carbonyl (C=O) groups is 3. The molecule has 0 saturated carbocycles. The van der Waals surface area contributed by atoms with Gasteiger partial charge >= 0.3 is 5.97 Å². The largest absolute Gasteiger partial charge is 0.480 e. The van der Waals surface area contributed by atoms with Gasteiger partial charge in [-0.1, -0.05) is 0 Å². The zero-order valence-corrected chi connectivity index (χ0v) is 17.7. The molecule has 0 bridgehead atoms. The number of carboxylic acids is 1. The number of hydrogen-bond donors (Lipinski definition) is 4. The van der Waals surface area contributed by atoms with E-state index in [1.54, 1.807) is 7.11 Å². The lowest BCUT2D eigenvalue weighted by atomic mass is 10.1. The Morgan fingerprint density at radius 2 is 2.04 bits per heavy atom. The van der Waals surface area contributed by atoms with Crippen LogP contribution in [0.2, 0.25) is 0 Å². The van der Waals surface area contributed by atoms with Crippen molar-refractivity contribution in [2.75, 3.05) is 48.3 Å². The van der Waals surface area contributed by atoms with Gasteiger partial charge in [-0.25, -0.2) is 4.79 Å². The van der Waals surface area contributed by atoms with Crippen LogP contribution in [0, 0.1) is 0 Å². The van der Waals surface area contributed by atoms with E-state index in [2.05, 4.69) is 10.6 Å². The summed E-state index contributed by atoms with van der Waals surface area (Å²) in [5.74, 6) is -0.173. The van der Waals surface area contributed by atoms with Crippen LogP contribution in [-0.4, -0.2) is 66.2 Å². The van der Waals surface area contributed by atoms with Crippen molar-refractivity contribution >= 4 is 52.7 Å². The summed E-state index contributed by atoms with van der Waals surface area (Å²) in [4.78, 5) is 35.8. The summed E-state index contributed by atoms with van der Waals surface area (Å²) in [6.07, 6.45) is 3.04. The number of anilines is 2. The highest BCUT2D eigenvalue weighted by atomic mass is 32.2. The van der Waals surface area contributed by atoms with Gasteiger partial charge in [0.15, 0.2) is 0 Å². The van der Waals surface area contributed by atoms with Crippen molar-refractivity contribution in [3.63, 3.8) is 0 Å². The van der Waals surface area contributed by atoms with Crippen LogP contribution in [0.1, 0.15) is 23.2 Å². The molecule has 0 aliphatic heterocycles. The Labute approximate surface area is 173 Å². The van der Waals surface area contributed by atoms with Gasteiger partial charge in [0.2, 0.25) is 5.91 Å². The molecular weight excluding hydrogens is 402 g/mol. The molecule has 0 aliphatic rings. The first-order chi connectivity index (χ1) is 13.4. The molecule has 0 aromatic heterocycles. The number of nitrogen functional groups attached to an aromatic ring is 1. The SMILES string of the molecule is COCCCSCC(=O)Nc1cc(C(=O)NC(CCSC)C(=O)O)ccc1N. The van der Waals surface area contributed by atoms with E-state index in [1.165, 1.54) is 41.7 Å². The van der Waals surface area contributed by atoms with Gasteiger partial charge < -0.3 is 26.2 Å². The Hall–Kier alpha value is -1.91. The number of benzene rings is 1. The van der Waals surface area contributed by atoms with E-state index < -0.39 is 17.9 Å². The van der Waals surface area contributed by atoms with E-state index >= 15 is 0 Å². The van der Waals surface area contributed by atoms with Crippen molar-refractivity contribution < 1.29 is 24.2 Å². The van der Waals surface area contributed by atoms with E-state index in [-0.39, 0.29) is 17.2 Å². The number of carboxylic acid groups (broad SMARTS) is 1. The van der Waals surface area contributed by atoms with Crippen molar-refractivity contribution in [2.24, 2.45) is 0 Å².